The third-order valence-corrected chi connectivity index (χ3v) is 3.16. The van der Waals surface area contributed by atoms with Crippen LogP contribution in [0.25, 0.3) is 11.6 Å². The van der Waals surface area contributed by atoms with E-state index >= 15 is 0 Å². The Morgan fingerprint density at radius 1 is 1.36 bits per heavy atom. The van der Waals surface area contributed by atoms with Crippen LogP contribution in [-0.2, 0) is 0 Å². The molecule has 0 saturated carbocycles. The largest absolute Gasteiger partial charge is 0.303 e. The van der Waals surface area contributed by atoms with Crippen LogP contribution in [0.5, 0.6) is 0 Å². The van der Waals surface area contributed by atoms with Crippen LogP contribution in [0.4, 0.5) is 0 Å². The van der Waals surface area contributed by atoms with Gasteiger partial charge in [-0.25, -0.2) is 0 Å². The van der Waals surface area contributed by atoms with Crippen molar-refractivity contribution in [1.82, 2.24) is 4.40 Å². The van der Waals surface area contributed by atoms with E-state index in [1.807, 2.05) is 29.7 Å². The van der Waals surface area contributed by atoms with E-state index in [-0.39, 0.29) is 0 Å². The molecule has 1 aliphatic heterocycles. The van der Waals surface area contributed by atoms with Gasteiger partial charge in [-0.15, -0.1) is 0 Å². The molecular weight excluding hydrogens is 192 g/mol. The van der Waals surface area contributed by atoms with Crippen LogP contribution in [0.1, 0.15) is 11.3 Å². The van der Waals surface area contributed by atoms with E-state index in [0.717, 1.165) is 16.8 Å². The summed E-state index contributed by atoms with van der Waals surface area (Å²) in [4.78, 5) is 0. The molecule has 66 valence electrons. The number of nitriles is 1. The minimum Gasteiger partial charge on any atom is -0.303 e. The van der Waals surface area contributed by atoms with Gasteiger partial charge in [-0.3, -0.25) is 0 Å². The molecular formula is C11H6N2S. The lowest BCUT2D eigenvalue weighted by Gasteiger charge is -2.08. The predicted molar refractivity (Wildman–Crippen MR) is 57.0 cm³/mol. The van der Waals surface area contributed by atoms with Gasteiger partial charge in [0.2, 0.25) is 0 Å². The van der Waals surface area contributed by atoms with Crippen molar-refractivity contribution in [3.63, 3.8) is 0 Å². The molecule has 3 rings (SSSR count). The third-order valence-electron chi connectivity index (χ3n) is 2.33. The van der Waals surface area contributed by atoms with E-state index in [0.29, 0.717) is 0 Å². The standard InChI is InChI=1S/C11H6N2S/c12-7-8-6-9-4-5-14-11-3-1-2-10(8)13(9)11/h1-6H. The van der Waals surface area contributed by atoms with Crippen LogP contribution in [0, 0.1) is 11.3 Å². The van der Waals surface area contributed by atoms with Gasteiger partial charge in [0.05, 0.1) is 16.1 Å². The van der Waals surface area contributed by atoms with E-state index in [4.69, 9.17) is 5.26 Å². The third kappa shape index (κ3) is 0.862. The summed E-state index contributed by atoms with van der Waals surface area (Å²) in [7, 11) is 0. The average Bonchev–Trinajstić information content (AvgIpc) is 2.60. The maximum atomic E-state index is 8.96. The molecule has 2 aromatic rings. The normalized spacial score (nSPS) is 13.1. The molecule has 0 unspecified atom stereocenters. The molecule has 0 bridgehead atoms. The Labute approximate surface area is 85.5 Å². The van der Waals surface area contributed by atoms with Gasteiger partial charge < -0.3 is 4.40 Å². The van der Waals surface area contributed by atoms with Gasteiger partial charge >= 0.3 is 0 Å². The number of pyridine rings is 1. The monoisotopic (exact) mass is 198 g/mol. The molecule has 0 amide bonds. The summed E-state index contributed by atoms with van der Waals surface area (Å²) in [6.45, 7) is 0. The number of nitrogens with zero attached hydrogens (tertiary/aromatic N) is 2. The van der Waals surface area contributed by atoms with Gasteiger partial charge in [0, 0.05) is 5.69 Å². The summed E-state index contributed by atoms with van der Waals surface area (Å²) in [6, 6.07) is 10.2. The van der Waals surface area contributed by atoms with E-state index < -0.39 is 0 Å². The highest BCUT2D eigenvalue weighted by Crippen LogP contribution is 2.30. The Balaban J connectivity index is 2.55. The summed E-state index contributed by atoms with van der Waals surface area (Å²) in [5.41, 5.74) is 2.83. The Morgan fingerprint density at radius 3 is 3.14 bits per heavy atom. The second kappa shape index (κ2) is 2.66. The maximum Gasteiger partial charge on any atom is 0.101 e. The highest BCUT2D eigenvalue weighted by atomic mass is 32.2. The molecule has 0 saturated heterocycles. The summed E-state index contributed by atoms with van der Waals surface area (Å²) in [5, 5.41) is 12.2. The SMILES string of the molecule is N#Cc1cc2n3c(cccc13)SC=C2. The van der Waals surface area contributed by atoms with Crippen molar-refractivity contribution in [3.05, 3.63) is 40.9 Å². The zero-order valence-electron chi connectivity index (χ0n) is 7.27. The number of rotatable bonds is 0. The van der Waals surface area contributed by atoms with Crippen molar-refractivity contribution in [1.29, 1.82) is 5.26 Å². The number of hydrogen-bond acceptors (Lipinski definition) is 2. The van der Waals surface area contributed by atoms with Crippen molar-refractivity contribution >= 4 is 23.4 Å². The van der Waals surface area contributed by atoms with E-state index in [2.05, 4.69) is 16.5 Å². The van der Waals surface area contributed by atoms with Crippen molar-refractivity contribution in [2.75, 3.05) is 0 Å². The molecule has 0 spiro atoms. The fourth-order valence-corrected chi connectivity index (χ4v) is 2.54. The van der Waals surface area contributed by atoms with Gasteiger partial charge in [-0.1, -0.05) is 17.8 Å². The summed E-state index contributed by atoms with van der Waals surface area (Å²) < 4.78 is 2.11. The molecule has 2 nitrogen and oxygen atoms in total. The first-order valence-corrected chi connectivity index (χ1v) is 5.16. The van der Waals surface area contributed by atoms with Gasteiger partial charge in [-0.2, -0.15) is 5.26 Å². The van der Waals surface area contributed by atoms with Crippen molar-refractivity contribution in [2.45, 2.75) is 5.03 Å². The maximum absolute atomic E-state index is 8.96. The molecule has 0 radical (unpaired) electrons. The molecule has 3 heterocycles. The number of thioether (sulfide) groups is 1. The number of aromatic nitrogens is 1. The second-order valence-electron chi connectivity index (χ2n) is 3.10. The summed E-state index contributed by atoms with van der Waals surface area (Å²) in [5.74, 6) is 0. The van der Waals surface area contributed by atoms with Crippen LogP contribution in [-0.4, -0.2) is 4.40 Å². The zero-order chi connectivity index (χ0) is 9.54. The fourth-order valence-electron chi connectivity index (χ4n) is 1.73. The van der Waals surface area contributed by atoms with Crippen LogP contribution < -0.4 is 0 Å². The van der Waals surface area contributed by atoms with Gasteiger partial charge in [-0.05, 0) is 29.7 Å². The molecule has 0 N–H and O–H groups in total. The van der Waals surface area contributed by atoms with E-state index in [9.17, 15) is 0 Å². The molecule has 2 aromatic heterocycles. The van der Waals surface area contributed by atoms with Crippen LogP contribution in [0.3, 0.4) is 0 Å². The number of hydrogen-bond donors (Lipinski definition) is 0. The van der Waals surface area contributed by atoms with Crippen LogP contribution in [0.15, 0.2) is 34.7 Å². The molecule has 0 atom stereocenters. The Bertz CT molecular complexity index is 587. The van der Waals surface area contributed by atoms with Gasteiger partial charge in [0.25, 0.3) is 0 Å². The molecule has 1 aliphatic rings. The highest BCUT2D eigenvalue weighted by molar-refractivity contribution is 8.02. The minimum absolute atomic E-state index is 0.744. The first kappa shape index (κ1) is 7.72. The summed E-state index contributed by atoms with van der Waals surface area (Å²) >= 11 is 1.68. The van der Waals surface area contributed by atoms with Crippen molar-refractivity contribution in [2.24, 2.45) is 0 Å². The second-order valence-corrected chi connectivity index (χ2v) is 4.03. The minimum atomic E-state index is 0.744. The Hall–Kier alpha value is -1.66. The quantitative estimate of drug-likeness (QED) is 0.651. The highest BCUT2D eigenvalue weighted by Gasteiger charge is 2.12. The van der Waals surface area contributed by atoms with Crippen molar-refractivity contribution in [3.8, 4) is 6.07 Å². The zero-order valence-corrected chi connectivity index (χ0v) is 8.08. The van der Waals surface area contributed by atoms with E-state index in [1.54, 1.807) is 11.8 Å². The molecule has 0 aromatic carbocycles. The first-order valence-electron chi connectivity index (χ1n) is 4.28. The topological polar surface area (TPSA) is 28.2 Å². The van der Waals surface area contributed by atoms with E-state index in [1.165, 1.54) is 5.03 Å². The molecule has 0 aliphatic carbocycles. The lowest BCUT2D eigenvalue weighted by Crippen LogP contribution is -1.93. The average molecular weight is 198 g/mol. The lowest BCUT2D eigenvalue weighted by molar-refractivity contribution is 1.02. The van der Waals surface area contributed by atoms with Crippen LogP contribution in [0.2, 0.25) is 0 Å². The van der Waals surface area contributed by atoms with Gasteiger partial charge in [0.15, 0.2) is 0 Å². The Morgan fingerprint density at radius 2 is 2.29 bits per heavy atom. The fraction of sp³-hybridized carbons (Fsp3) is 0. The van der Waals surface area contributed by atoms with Crippen molar-refractivity contribution < 1.29 is 0 Å². The summed E-state index contributed by atoms with van der Waals surface area (Å²) in [6.07, 6.45) is 2.03. The molecule has 14 heavy (non-hydrogen) atoms. The first-order chi connectivity index (χ1) is 6.90. The lowest BCUT2D eigenvalue weighted by atomic mass is 10.3. The molecule has 3 heteroatoms. The van der Waals surface area contributed by atoms with Crippen LogP contribution >= 0.6 is 11.8 Å². The molecule has 0 fully saturated rings. The predicted octanol–water partition coefficient (Wildman–Crippen LogP) is 2.89. The smallest absolute Gasteiger partial charge is 0.101 e. The van der Waals surface area contributed by atoms with Gasteiger partial charge in [0.1, 0.15) is 6.07 Å². The Kier molecular flexibility index (Phi) is 1.47.